The van der Waals surface area contributed by atoms with E-state index < -0.39 is 0 Å². The van der Waals surface area contributed by atoms with Gasteiger partial charge in [0.1, 0.15) is 11.5 Å². The van der Waals surface area contributed by atoms with Crippen LogP contribution in [0.3, 0.4) is 0 Å². The van der Waals surface area contributed by atoms with Crippen LogP contribution in [-0.2, 0) is 13.1 Å². The predicted molar refractivity (Wildman–Crippen MR) is 126 cm³/mol. The lowest BCUT2D eigenvalue weighted by Gasteiger charge is -2.15. The summed E-state index contributed by atoms with van der Waals surface area (Å²) in [5, 5.41) is 6.58. The molecule has 2 N–H and O–H groups in total. The smallest absolute Gasteiger partial charge is 0.191 e. The van der Waals surface area contributed by atoms with Crippen molar-refractivity contribution in [3.8, 4) is 23.0 Å². The molecule has 2 aromatic rings. The van der Waals surface area contributed by atoms with Crippen LogP contribution in [0.15, 0.2) is 41.4 Å². The average Bonchev–Trinajstić information content (AvgIpc) is 2.74. The van der Waals surface area contributed by atoms with Gasteiger partial charge >= 0.3 is 0 Å². The summed E-state index contributed by atoms with van der Waals surface area (Å²) >= 11 is 0. The molecule has 2 rings (SSSR count). The number of nitrogens with one attached hydrogen (secondary N) is 2. The van der Waals surface area contributed by atoms with Crippen molar-refractivity contribution in [3.05, 3.63) is 47.5 Å². The third-order valence-corrected chi connectivity index (χ3v) is 4.18. The largest absolute Gasteiger partial charge is 0.497 e. The molecule has 0 aliphatic rings. The summed E-state index contributed by atoms with van der Waals surface area (Å²) in [7, 11) is 6.53. The molecule has 0 spiro atoms. The molecule has 2 aromatic carbocycles. The fraction of sp³-hybridized carbons (Fsp3) is 0.381. The fourth-order valence-corrected chi connectivity index (χ4v) is 2.76. The van der Waals surface area contributed by atoms with Crippen LogP contribution in [-0.4, -0.2) is 40.9 Å². The first-order chi connectivity index (χ1) is 13.7. The normalized spacial score (nSPS) is 10.6. The molecule has 0 bridgehead atoms. The zero-order valence-electron chi connectivity index (χ0n) is 17.6. The number of ether oxygens (including phenoxy) is 4. The third kappa shape index (κ3) is 6.88. The monoisotopic (exact) mass is 515 g/mol. The number of hydrogen-bond donors (Lipinski definition) is 2. The summed E-state index contributed by atoms with van der Waals surface area (Å²) in [5.41, 5.74) is 1.95. The number of halogens is 1. The molecular formula is C21H30IN3O4. The summed E-state index contributed by atoms with van der Waals surface area (Å²) in [6.07, 6.45) is 0. The Bertz CT molecular complexity index is 799. The lowest BCUT2D eigenvalue weighted by Crippen LogP contribution is -2.36. The van der Waals surface area contributed by atoms with Crippen LogP contribution in [0, 0.1) is 0 Å². The van der Waals surface area contributed by atoms with Crippen LogP contribution in [0.2, 0.25) is 0 Å². The van der Waals surface area contributed by atoms with Crippen molar-refractivity contribution >= 4 is 29.9 Å². The Labute approximate surface area is 189 Å². The van der Waals surface area contributed by atoms with Gasteiger partial charge in [0, 0.05) is 30.3 Å². The first kappa shape index (κ1) is 24.7. The zero-order valence-corrected chi connectivity index (χ0v) is 19.9. The summed E-state index contributed by atoms with van der Waals surface area (Å²) in [6, 6.07) is 11.5. The predicted octanol–water partition coefficient (Wildman–Crippen LogP) is 3.59. The number of rotatable bonds is 9. The maximum absolute atomic E-state index is 5.48. The molecular weight excluding hydrogens is 485 g/mol. The van der Waals surface area contributed by atoms with E-state index in [4.69, 9.17) is 18.9 Å². The molecule has 0 saturated carbocycles. The van der Waals surface area contributed by atoms with Gasteiger partial charge in [-0.1, -0.05) is 12.1 Å². The van der Waals surface area contributed by atoms with Crippen LogP contribution in [0.5, 0.6) is 23.0 Å². The second kappa shape index (κ2) is 13.0. The molecule has 7 nitrogen and oxygen atoms in total. The number of para-hydroxylation sites is 1. The quantitative estimate of drug-likeness (QED) is 0.302. The van der Waals surface area contributed by atoms with Crippen molar-refractivity contribution < 1.29 is 18.9 Å². The van der Waals surface area contributed by atoms with Crippen molar-refractivity contribution in [2.75, 3.05) is 35.0 Å². The summed E-state index contributed by atoms with van der Waals surface area (Å²) in [5.74, 6) is 3.60. The number of hydrogen-bond acceptors (Lipinski definition) is 5. The highest BCUT2D eigenvalue weighted by Gasteiger charge is 2.10. The zero-order chi connectivity index (χ0) is 20.4. The lowest BCUT2D eigenvalue weighted by atomic mass is 10.2. The van der Waals surface area contributed by atoms with Gasteiger partial charge in [0.25, 0.3) is 0 Å². The molecule has 160 valence electrons. The Morgan fingerprint density at radius 2 is 1.62 bits per heavy atom. The molecule has 0 aromatic heterocycles. The van der Waals surface area contributed by atoms with Gasteiger partial charge in [-0.05, 0) is 25.1 Å². The van der Waals surface area contributed by atoms with E-state index in [1.807, 2.05) is 43.3 Å². The van der Waals surface area contributed by atoms with Gasteiger partial charge in [-0.25, -0.2) is 4.99 Å². The topological polar surface area (TPSA) is 73.3 Å². The highest BCUT2D eigenvalue weighted by Crippen LogP contribution is 2.31. The summed E-state index contributed by atoms with van der Waals surface area (Å²) in [6.45, 7) is 3.79. The van der Waals surface area contributed by atoms with E-state index >= 15 is 0 Å². The van der Waals surface area contributed by atoms with Crippen LogP contribution in [0.4, 0.5) is 0 Å². The number of nitrogens with zero attached hydrogens (tertiary/aromatic N) is 1. The van der Waals surface area contributed by atoms with E-state index in [-0.39, 0.29) is 24.0 Å². The Balaban J connectivity index is 0.00000420. The minimum atomic E-state index is 0. The third-order valence-electron chi connectivity index (χ3n) is 4.18. The molecule has 0 saturated heterocycles. The molecule has 0 fully saturated rings. The number of guanidine groups is 1. The number of methoxy groups -OCH3 is 4. The maximum Gasteiger partial charge on any atom is 0.191 e. The maximum atomic E-state index is 5.48. The average molecular weight is 515 g/mol. The van der Waals surface area contributed by atoms with Gasteiger partial charge in [0.15, 0.2) is 17.5 Å². The second-order valence-electron chi connectivity index (χ2n) is 5.88. The van der Waals surface area contributed by atoms with Gasteiger partial charge in [-0.15, -0.1) is 24.0 Å². The molecule has 0 radical (unpaired) electrons. The molecule has 0 aliphatic carbocycles. The molecule has 0 heterocycles. The van der Waals surface area contributed by atoms with Crippen LogP contribution in [0.1, 0.15) is 18.1 Å². The number of aliphatic imine (C=N–C) groups is 1. The van der Waals surface area contributed by atoms with Crippen molar-refractivity contribution in [2.45, 2.75) is 20.0 Å². The Kier molecular flexibility index (Phi) is 11.0. The van der Waals surface area contributed by atoms with Gasteiger partial charge in [0.05, 0.1) is 35.0 Å². The van der Waals surface area contributed by atoms with E-state index in [1.165, 1.54) is 0 Å². The lowest BCUT2D eigenvalue weighted by molar-refractivity contribution is 0.352. The number of benzene rings is 2. The van der Waals surface area contributed by atoms with E-state index in [2.05, 4.69) is 15.6 Å². The Hall–Kier alpha value is -2.36. The van der Waals surface area contributed by atoms with Gasteiger partial charge in [0.2, 0.25) is 0 Å². The van der Waals surface area contributed by atoms with E-state index in [1.54, 1.807) is 28.4 Å². The minimum absolute atomic E-state index is 0. The minimum Gasteiger partial charge on any atom is -0.497 e. The van der Waals surface area contributed by atoms with E-state index in [0.717, 1.165) is 29.2 Å². The molecule has 8 heteroatoms. The molecule has 0 aliphatic heterocycles. The highest BCUT2D eigenvalue weighted by atomic mass is 127. The van der Waals surface area contributed by atoms with Crippen molar-refractivity contribution in [1.29, 1.82) is 0 Å². The van der Waals surface area contributed by atoms with Crippen LogP contribution >= 0.6 is 24.0 Å². The summed E-state index contributed by atoms with van der Waals surface area (Å²) < 4.78 is 21.5. The van der Waals surface area contributed by atoms with Gasteiger partial charge < -0.3 is 29.6 Å². The fourth-order valence-electron chi connectivity index (χ4n) is 2.76. The standard InChI is InChI=1S/C21H29N3O4.HI/c1-6-22-21(23-13-15-10-11-17(25-2)12-19(15)27-4)24-14-16-8-7-9-18(26-3)20(16)28-5;/h7-12H,6,13-14H2,1-5H3,(H2,22,23,24);1H. The first-order valence-corrected chi connectivity index (χ1v) is 9.09. The molecule has 0 unspecified atom stereocenters. The molecule has 29 heavy (non-hydrogen) atoms. The van der Waals surface area contributed by atoms with E-state index in [9.17, 15) is 0 Å². The Morgan fingerprint density at radius 1 is 0.862 bits per heavy atom. The van der Waals surface area contributed by atoms with Crippen molar-refractivity contribution in [2.24, 2.45) is 4.99 Å². The van der Waals surface area contributed by atoms with Crippen LogP contribution in [0.25, 0.3) is 0 Å². The van der Waals surface area contributed by atoms with Crippen molar-refractivity contribution in [3.63, 3.8) is 0 Å². The first-order valence-electron chi connectivity index (χ1n) is 9.09. The van der Waals surface area contributed by atoms with Gasteiger partial charge in [-0.3, -0.25) is 0 Å². The highest BCUT2D eigenvalue weighted by molar-refractivity contribution is 14.0. The second-order valence-corrected chi connectivity index (χ2v) is 5.88. The molecule has 0 atom stereocenters. The SMILES string of the molecule is CCNC(=NCc1cccc(OC)c1OC)NCc1ccc(OC)cc1OC.I. The van der Waals surface area contributed by atoms with Crippen LogP contribution < -0.4 is 29.6 Å². The Morgan fingerprint density at radius 3 is 2.24 bits per heavy atom. The van der Waals surface area contributed by atoms with Crippen molar-refractivity contribution in [1.82, 2.24) is 10.6 Å². The van der Waals surface area contributed by atoms with E-state index in [0.29, 0.717) is 30.5 Å². The summed E-state index contributed by atoms with van der Waals surface area (Å²) in [4.78, 5) is 4.67. The molecule has 0 amide bonds. The van der Waals surface area contributed by atoms with Gasteiger partial charge in [-0.2, -0.15) is 0 Å².